The van der Waals surface area contributed by atoms with Gasteiger partial charge < -0.3 is 15.8 Å². The smallest absolute Gasteiger partial charge is 0.138 e. The number of hydrogen-bond donors (Lipinski definition) is 2. The molecule has 2 rings (SSSR count). The Hall–Kier alpha value is -1.36. The first-order chi connectivity index (χ1) is 9.27. The van der Waals surface area contributed by atoms with Crippen LogP contribution in [0.5, 0.6) is 0 Å². The molecule has 1 saturated heterocycles. The first kappa shape index (κ1) is 15.0. The molecule has 1 aromatic rings. The summed E-state index contributed by atoms with van der Waals surface area (Å²) in [7, 11) is 0. The van der Waals surface area contributed by atoms with E-state index in [2.05, 4.69) is 43.0 Å². The molecule has 3 N–H and O–H groups in total. The molecule has 1 aromatic heterocycles. The van der Waals surface area contributed by atoms with Gasteiger partial charge in [0.15, 0.2) is 0 Å². The summed E-state index contributed by atoms with van der Waals surface area (Å²) in [6.45, 7) is 11.2. The van der Waals surface area contributed by atoms with Crippen molar-refractivity contribution < 1.29 is 4.74 Å². The molecule has 2 atom stereocenters. The maximum Gasteiger partial charge on any atom is 0.138 e. The van der Waals surface area contributed by atoms with Crippen LogP contribution in [0, 0.1) is 6.92 Å². The third-order valence-electron chi connectivity index (χ3n) is 3.68. The highest BCUT2D eigenvalue weighted by molar-refractivity contribution is 5.55. The summed E-state index contributed by atoms with van der Waals surface area (Å²) in [5.41, 5.74) is 6.85. The molecule has 112 valence electrons. The molecule has 0 amide bonds. The molecule has 0 radical (unpaired) electrons. The molecule has 0 bridgehead atoms. The quantitative estimate of drug-likeness (QED) is 0.870. The van der Waals surface area contributed by atoms with Crippen molar-refractivity contribution in [3.05, 3.63) is 11.4 Å². The van der Waals surface area contributed by atoms with Crippen molar-refractivity contribution in [3.8, 4) is 0 Å². The summed E-state index contributed by atoms with van der Waals surface area (Å²) in [6.07, 6.45) is 2.29. The van der Waals surface area contributed by atoms with E-state index in [9.17, 15) is 0 Å². The zero-order valence-electron chi connectivity index (χ0n) is 13.2. The number of ether oxygens (including phenoxy) is 1. The van der Waals surface area contributed by atoms with Crippen LogP contribution < -0.4 is 11.1 Å². The normalized spacial score (nSPS) is 23.6. The Labute approximate surface area is 121 Å². The Morgan fingerprint density at radius 2 is 2.00 bits per heavy atom. The molecule has 20 heavy (non-hydrogen) atoms. The summed E-state index contributed by atoms with van der Waals surface area (Å²) < 4.78 is 5.58. The maximum absolute atomic E-state index is 6.03. The highest BCUT2D eigenvalue weighted by Crippen LogP contribution is 2.26. The second kappa shape index (κ2) is 5.56. The summed E-state index contributed by atoms with van der Waals surface area (Å²) in [6, 6.07) is 0.388. The van der Waals surface area contributed by atoms with E-state index < -0.39 is 0 Å². The Kier molecular flexibility index (Phi) is 4.18. The zero-order chi connectivity index (χ0) is 14.9. The highest BCUT2D eigenvalue weighted by Gasteiger charge is 2.23. The van der Waals surface area contributed by atoms with Crippen molar-refractivity contribution in [2.75, 3.05) is 17.7 Å². The molecule has 1 aliphatic heterocycles. The van der Waals surface area contributed by atoms with E-state index in [-0.39, 0.29) is 5.41 Å². The van der Waals surface area contributed by atoms with Gasteiger partial charge in [-0.2, -0.15) is 0 Å². The number of rotatable bonds is 2. The van der Waals surface area contributed by atoms with Gasteiger partial charge in [0, 0.05) is 23.6 Å². The summed E-state index contributed by atoms with van der Waals surface area (Å²) in [5.74, 6) is 2.21. The van der Waals surface area contributed by atoms with Gasteiger partial charge in [-0.05, 0) is 26.7 Å². The van der Waals surface area contributed by atoms with Gasteiger partial charge in [-0.1, -0.05) is 20.8 Å². The van der Waals surface area contributed by atoms with Gasteiger partial charge in [-0.3, -0.25) is 0 Å². The van der Waals surface area contributed by atoms with Gasteiger partial charge in [-0.25, -0.2) is 9.97 Å². The Morgan fingerprint density at radius 1 is 1.30 bits per heavy atom. The molecular weight excluding hydrogens is 252 g/mol. The first-order valence-corrected chi connectivity index (χ1v) is 7.30. The maximum atomic E-state index is 6.03. The number of hydrogen-bond acceptors (Lipinski definition) is 5. The van der Waals surface area contributed by atoms with Crippen molar-refractivity contribution >= 4 is 11.6 Å². The van der Waals surface area contributed by atoms with Crippen molar-refractivity contribution in [2.45, 2.75) is 65.0 Å². The van der Waals surface area contributed by atoms with Gasteiger partial charge >= 0.3 is 0 Å². The average molecular weight is 278 g/mol. The molecule has 1 aliphatic rings. The van der Waals surface area contributed by atoms with Crippen molar-refractivity contribution in [2.24, 2.45) is 0 Å². The van der Waals surface area contributed by atoms with Crippen LogP contribution in [-0.2, 0) is 10.2 Å². The minimum Gasteiger partial charge on any atom is -0.383 e. The fourth-order valence-corrected chi connectivity index (χ4v) is 2.33. The summed E-state index contributed by atoms with van der Waals surface area (Å²) in [5, 5.41) is 3.52. The Balaban J connectivity index is 2.24. The second-order valence-electron chi connectivity index (χ2n) is 6.70. The van der Waals surface area contributed by atoms with Crippen LogP contribution >= 0.6 is 0 Å². The molecule has 1 fully saturated rings. The number of anilines is 2. The zero-order valence-corrected chi connectivity index (χ0v) is 13.2. The van der Waals surface area contributed by atoms with Crippen molar-refractivity contribution in [1.29, 1.82) is 0 Å². The van der Waals surface area contributed by atoms with Crippen LogP contribution in [0.1, 0.15) is 51.9 Å². The summed E-state index contributed by atoms with van der Waals surface area (Å²) in [4.78, 5) is 9.10. The van der Waals surface area contributed by atoms with E-state index in [1.54, 1.807) is 0 Å². The third kappa shape index (κ3) is 3.39. The van der Waals surface area contributed by atoms with Gasteiger partial charge in [0.05, 0.1) is 6.10 Å². The van der Waals surface area contributed by atoms with Crippen molar-refractivity contribution in [1.82, 2.24) is 9.97 Å². The molecule has 5 heteroatoms. The molecule has 2 unspecified atom stereocenters. The lowest BCUT2D eigenvalue weighted by Gasteiger charge is -2.29. The monoisotopic (exact) mass is 278 g/mol. The molecular formula is C15H26N4O. The molecule has 0 spiro atoms. The standard InChI is InChI=1S/C15H26N4O/c1-9-8-11(6-7-20-9)17-13-10(2)12(16)18-14(19-13)15(3,4)5/h9,11H,6-8H2,1-5H3,(H3,16,17,18,19). The van der Waals surface area contributed by atoms with Gasteiger partial charge in [0.25, 0.3) is 0 Å². The van der Waals surface area contributed by atoms with Crippen LogP contribution in [0.25, 0.3) is 0 Å². The largest absolute Gasteiger partial charge is 0.383 e. The number of aromatic nitrogens is 2. The van der Waals surface area contributed by atoms with Gasteiger partial charge in [0.2, 0.25) is 0 Å². The van der Waals surface area contributed by atoms with E-state index in [4.69, 9.17) is 10.5 Å². The van der Waals surface area contributed by atoms with Crippen molar-refractivity contribution in [3.63, 3.8) is 0 Å². The minimum absolute atomic E-state index is 0.110. The second-order valence-corrected chi connectivity index (χ2v) is 6.70. The molecule has 2 heterocycles. The third-order valence-corrected chi connectivity index (χ3v) is 3.68. The van der Waals surface area contributed by atoms with E-state index in [0.717, 1.165) is 36.7 Å². The first-order valence-electron chi connectivity index (χ1n) is 7.30. The lowest BCUT2D eigenvalue weighted by molar-refractivity contribution is 0.0231. The lowest BCUT2D eigenvalue weighted by atomic mass is 9.95. The minimum atomic E-state index is -0.110. The molecule has 5 nitrogen and oxygen atoms in total. The topological polar surface area (TPSA) is 73.1 Å². The highest BCUT2D eigenvalue weighted by atomic mass is 16.5. The van der Waals surface area contributed by atoms with Gasteiger partial charge in [0.1, 0.15) is 17.5 Å². The van der Waals surface area contributed by atoms with E-state index in [0.29, 0.717) is 18.0 Å². The van der Waals surface area contributed by atoms with Gasteiger partial charge in [-0.15, -0.1) is 0 Å². The van der Waals surface area contributed by atoms with Crippen LogP contribution in [0.15, 0.2) is 0 Å². The van der Waals surface area contributed by atoms with E-state index in [1.807, 2.05) is 6.92 Å². The fraction of sp³-hybridized carbons (Fsp3) is 0.733. The Morgan fingerprint density at radius 3 is 2.60 bits per heavy atom. The predicted octanol–water partition coefficient (Wildman–Crippen LogP) is 2.64. The van der Waals surface area contributed by atoms with E-state index in [1.165, 1.54) is 0 Å². The Bertz CT molecular complexity index is 481. The number of nitrogens with zero attached hydrogens (tertiary/aromatic N) is 2. The average Bonchev–Trinajstić information content (AvgIpc) is 2.33. The molecule has 0 saturated carbocycles. The lowest BCUT2D eigenvalue weighted by Crippen LogP contribution is -2.33. The number of nitrogen functional groups attached to an aromatic ring is 1. The predicted molar refractivity (Wildman–Crippen MR) is 81.9 cm³/mol. The summed E-state index contributed by atoms with van der Waals surface area (Å²) >= 11 is 0. The fourth-order valence-electron chi connectivity index (χ4n) is 2.33. The number of nitrogens with two attached hydrogens (primary N) is 1. The van der Waals surface area contributed by atoms with E-state index >= 15 is 0 Å². The van der Waals surface area contributed by atoms with Crippen LogP contribution in [0.3, 0.4) is 0 Å². The molecule has 0 aliphatic carbocycles. The number of nitrogens with one attached hydrogen (secondary N) is 1. The molecule has 0 aromatic carbocycles. The van der Waals surface area contributed by atoms with Crippen LogP contribution in [0.4, 0.5) is 11.6 Å². The van der Waals surface area contributed by atoms with Crippen LogP contribution in [-0.4, -0.2) is 28.7 Å². The van der Waals surface area contributed by atoms with Crippen LogP contribution in [0.2, 0.25) is 0 Å². The SMILES string of the molecule is Cc1c(N)nc(C(C)(C)C)nc1NC1CCOC(C)C1.